The molecule has 0 bridgehead atoms. The predicted molar refractivity (Wildman–Crippen MR) is 63.6 cm³/mol. The smallest absolute Gasteiger partial charge is 0.138 e. The van der Waals surface area contributed by atoms with Gasteiger partial charge in [0.1, 0.15) is 5.00 Å². The van der Waals surface area contributed by atoms with Crippen LogP contribution in [0.3, 0.4) is 0 Å². The molecule has 2 nitrogen and oxygen atoms in total. The molecule has 1 aromatic rings. The van der Waals surface area contributed by atoms with Crippen molar-refractivity contribution in [2.75, 3.05) is 0 Å². The molecule has 14 heavy (non-hydrogen) atoms. The summed E-state index contributed by atoms with van der Waals surface area (Å²) >= 11 is 1.49. The molecule has 78 valence electrons. The van der Waals surface area contributed by atoms with Crippen LogP contribution < -0.4 is 0 Å². The average molecular weight is 210 g/mol. The van der Waals surface area contributed by atoms with Gasteiger partial charge >= 0.3 is 0 Å². The topological polar surface area (TPSA) is 25.2 Å². The molecule has 0 aliphatic heterocycles. The Labute approximate surface area is 90.2 Å². The van der Waals surface area contributed by atoms with Crippen LogP contribution in [0.25, 0.3) is 0 Å². The molecule has 1 heterocycles. The third-order valence-electron chi connectivity index (χ3n) is 1.74. The van der Waals surface area contributed by atoms with E-state index in [1.165, 1.54) is 17.1 Å². The fourth-order valence-corrected chi connectivity index (χ4v) is 1.80. The first kappa shape index (κ1) is 11.4. The summed E-state index contributed by atoms with van der Waals surface area (Å²) in [6.45, 7) is 8.69. The lowest BCUT2D eigenvalue weighted by molar-refractivity contribution is 0.648. The molecule has 3 heteroatoms. The maximum absolute atomic E-state index is 4.45. The van der Waals surface area contributed by atoms with E-state index in [4.69, 9.17) is 0 Å². The maximum atomic E-state index is 4.45. The van der Waals surface area contributed by atoms with E-state index in [9.17, 15) is 0 Å². The van der Waals surface area contributed by atoms with E-state index < -0.39 is 0 Å². The summed E-state index contributed by atoms with van der Waals surface area (Å²) in [5.74, 6) is 1.17. The summed E-state index contributed by atoms with van der Waals surface area (Å²) < 4.78 is 4.18. The van der Waals surface area contributed by atoms with Gasteiger partial charge in [-0.1, -0.05) is 27.7 Å². The van der Waals surface area contributed by atoms with E-state index in [0.717, 1.165) is 11.4 Å². The average Bonchev–Trinajstić information content (AvgIpc) is 2.47. The number of hydrogen-bond acceptors (Lipinski definition) is 3. The van der Waals surface area contributed by atoms with E-state index >= 15 is 0 Å². The van der Waals surface area contributed by atoms with Gasteiger partial charge < -0.3 is 0 Å². The Morgan fingerprint density at radius 3 is 2.71 bits per heavy atom. The van der Waals surface area contributed by atoms with Crippen LogP contribution >= 0.6 is 11.5 Å². The normalized spacial score (nSPS) is 12.1. The van der Waals surface area contributed by atoms with Gasteiger partial charge in [0.25, 0.3) is 0 Å². The highest BCUT2D eigenvalue weighted by atomic mass is 32.1. The molecule has 0 fully saturated rings. The summed E-state index contributed by atoms with van der Waals surface area (Å²) in [5, 5.41) is 1.08. The number of aliphatic imine (C=N–C) groups is 1. The monoisotopic (exact) mass is 210 g/mol. The molecule has 0 unspecified atom stereocenters. The minimum atomic E-state index is 0.504. The standard InChI is InChI=1S/C11H18N2S/c1-8(2)5-10-7-13-14-11(10)12-6-9(3)4/h6-9H,5H2,1-4H3. The van der Waals surface area contributed by atoms with Crippen molar-refractivity contribution in [1.82, 2.24) is 4.37 Å². The van der Waals surface area contributed by atoms with Crippen LogP contribution in [0.1, 0.15) is 33.3 Å². The summed E-state index contributed by atoms with van der Waals surface area (Å²) in [5.41, 5.74) is 1.28. The number of aromatic nitrogens is 1. The van der Waals surface area contributed by atoms with Crippen molar-refractivity contribution >= 4 is 22.7 Å². The molecule has 0 saturated carbocycles. The van der Waals surface area contributed by atoms with Gasteiger partial charge in [0.2, 0.25) is 0 Å². The van der Waals surface area contributed by atoms with E-state index in [1.54, 1.807) is 0 Å². The third-order valence-corrected chi connectivity index (χ3v) is 2.49. The molecule has 0 aliphatic carbocycles. The second kappa shape index (κ2) is 5.25. The van der Waals surface area contributed by atoms with Crippen LogP contribution in [0.2, 0.25) is 0 Å². The molecular weight excluding hydrogens is 192 g/mol. The van der Waals surface area contributed by atoms with Gasteiger partial charge in [0.05, 0.1) is 0 Å². The first-order valence-electron chi connectivity index (χ1n) is 5.07. The Morgan fingerprint density at radius 2 is 2.14 bits per heavy atom. The minimum absolute atomic E-state index is 0.504. The Kier molecular flexibility index (Phi) is 4.26. The van der Waals surface area contributed by atoms with Crippen LogP contribution in [-0.4, -0.2) is 10.6 Å². The summed E-state index contributed by atoms with van der Waals surface area (Å²) in [7, 11) is 0. The largest absolute Gasteiger partial charge is 0.248 e. The van der Waals surface area contributed by atoms with E-state index in [-0.39, 0.29) is 0 Å². The predicted octanol–water partition coefficient (Wildman–Crippen LogP) is 3.70. The SMILES string of the molecule is CC(C)C=Nc1sncc1CC(C)C. The number of nitrogens with zero attached hydrogens (tertiary/aromatic N) is 2. The van der Waals surface area contributed by atoms with E-state index in [0.29, 0.717) is 11.8 Å². The summed E-state index contributed by atoms with van der Waals surface area (Å²) in [6.07, 6.45) is 5.00. The van der Waals surface area contributed by atoms with E-state index in [2.05, 4.69) is 37.1 Å². The zero-order chi connectivity index (χ0) is 10.6. The molecule has 0 aliphatic rings. The first-order valence-corrected chi connectivity index (χ1v) is 5.84. The quantitative estimate of drug-likeness (QED) is 0.696. The van der Waals surface area contributed by atoms with Gasteiger partial charge in [-0.2, -0.15) is 4.37 Å². The fourth-order valence-electron chi connectivity index (χ4n) is 1.16. The van der Waals surface area contributed by atoms with Gasteiger partial charge in [-0.15, -0.1) is 0 Å². The van der Waals surface area contributed by atoms with E-state index in [1.807, 2.05) is 12.4 Å². The highest BCUT2D eigenvalue weighted by Gasteiger charge is 2.05. The molecule has 0 saturated heterocycles. The second-order valence-corrected chi connectivity index (χ2v) is 5.06. The Balaban J connectivity index is 2.72. The van der Waals surface area contributed by atoms with Crippen LogP contribution in [0, 0.1) is 11.8 Å². The molecule has 0 N–H and O–H groups in total. The highest BCUT2D eigenvalue weighted by molar-refractivity contribution is 7.10. The van der Waals surface area contributed by atoms with Crippen molar-refractivity contribution in [3.8, 4) is 0 Å². The van der Waals surface area contributed by atoms with Crippen molar-refractivity contribution in [2.45, 2.75) is 34.1 Å². The Hall–Kier alpha value is -0.700. The third kappa shape index (κ3) is 3.58. The van der Waals surface area contributed by atoms with Gasteiger partial charge in [0.15, 0.2) is 0 Å². The lowest BCUT2D eigenvalue weighted by Crippen LogP contribution is -1.92. The fraction of sp³-hybridized carbons (Fsp3) is 0.636. The molecule has 0 aromatic carbocycles. The van der Waals surface area contributed by atoms with Crippen LogP contribution in [0.15, 0.2) is 11.2 Å². The van der Waals surface area contributed by atoms with Crippen LogP contribution in [-0.2, 0) is 6.42 Å². The van der Waals surface area contributed by atoms with Gasteiger partial charge in [0, 0.05) is 18.0 Å². The lowest BCUT2D eigenvalue weighted by atomic mass is 10.1. The van der Waals surface area contributed by atoms with Gasteiger partial charge in [-0.25, -0.2) is 4.99 Å². The molecule has 0 atom stereocenters. The molecule has 0 amide bonds. The Bertz CT molecular complexity index is 300. The lowest BCUT2D eigenvalue weighted by Gasteiger charge is -2.02. The van der Waals surface area contributed by atoms with Crippen LogP contribution in [0.4, 0.5) is 5.00 Å². The van der Waals surface area contributed by atoms with Crippen molar-refractivity contribution < 1.29 is 0 Å². The van der Waals surface area contributed by atoms with Crippen molar-refractivity contribution in [2.24, 2.45) is 16.8 Å². The zero-order valence-corrected chi connectivity index (χ0v) is 10.1. The van der Waals surface area contributed by atoms with Crippen molar-refractivity contribution in [1.29, 1.82) is 0 Å². The van der Waals surface area contributed by atoms with Gasteiger partial charge in [-0.05, 0) is 29.8 Å². The summed E-state index contributed by atoms with van der Waals surface area (Å²) in [4.78, 5) is 4.45. The second-order valence-electron chi connectivity index (χ2n) is 4.28. The van der Waals surface area contributed by atoms with Crippen molar-refractivity contribution in [3.63, 3.8) is 0 Å². The molecule has 1 aromatic heterocycles. The Morgan fingerprint density at radius 1 is 1.43 bits per heavy atom. The van der Waals surface area contributed by atoms with Gasteiger partial charge in [-0.3, -0.25) is 0 Å². The number of hydrogen-bond donors (Lipinski definition) is 0. The molecule has 0 radical (unpaired) electrons. The molecule has 0 spiro atoms. The zero-order valence-electron chi connectivity index (χ0n) is 9.32. The van der Waals surface area contributed by atoms with Crippen LogP contribution in [0.5, 0.6) is 0 Å². The van der Waals surface area contributed by atoms with Crippen molar-refractivity contribution in [3.05, 3.63) is 11.8 Å². The maximum Gasteiger partial charge on any atom is 0.138 e. The summed E-state index contributed by atoms with van der Waals surface area (Å²) in [6, 6.07) is 0. The highest BCUT2D eigenvalue weighted by Crippen LogP contribution is 2.26. The molecule has 1 rings (SSSR count). The molecular formula is C11H18N2S. The minimum Gasteiger partial charge on any atom is -0.248 e. The number of rotatable bonds is 4. The first-order chi connectivity index (χ1) is 6.59.